The zero-order valence-corrected chi connectivity index (χ0v) is 13.8. The second-order valence-electron chi connectivity index (χ2n) is 6.80. The summed E-state index contributed by atoms with van der Waals surface area (Å²) < 4.78 is 7.18. The highest BCUT2D eigenvalue weighted by Crippen LogP contribution is 2.33. The molecule has 5 heteroatoms. The van der Waals surface area contributed by atoms with Crippen molar-refractivity contribution in [2.24, 2.45) is 0 Å². The summed E-state index contributed by atoms with van der Waals surface area (Å²) in [6.07, 6.45) is 2.26. The van der Waals surface area contributed by atoms with E-state index in [1.807, 2.05) is 25.5 Å². The number of nitrogens with zero attached hydrogens (tertiary/aromatic N) is 2. The van der Waals surface area contributed by atoms with Crippen LogP contribution in [0.3, 0.4) is 0 Å². The van der Waals surface area contributed by atoms with Crippen molar-refractivity contribution in [2.45, 2.75) is 65.1 Å². The van der Waals surface area contributed by atoms with E-state index in [-0.39, 0.29) is 11.6 Å². The van der Waals surface area contributed by atoms with Crippen LogP contribution in [0.25, 0.3) is 0 Å². The van der Waals surface area contributed by atoms with Crippen LogP contribution in [0.15, 0.2) is 6.20 Å². The van der Waals surface area contributed by atoms with Gasteiger partial charge in [0, 0.05) is 11.6 Å². The standard InChI is InChI=1S/C15H29N3O2/c1-11(2)18-13(12(20-7)10-17-18)15(6,19)8-9-16-14(3,4)5/h10-11,16,19H,8-9H2,1-7H3. The van der Waals surface area contributed by atoms with Crippen molar-refractivity contribution in [3.8, 4) is 5.75 Å². The summed E-state index contributed by atoms with van der Waals surface area (Å²) >= 11 is 0. The van der Waals surface area contributed by atoms with Gasteiger partial charge >= 0.3 is 0 Å². The van der Waals surface area contributed by atoms with Crippen LogP contribution >= 0.6 is 0 Å². The monoisotopic (exact) mass is 283 g/mol. The molecule has 0 bridgehead atoms. The van der Waals surface area contributed by atoms with Crippen molar-refractivity contribution in [2.75, 3.05) is 13.7 Å². The topological polar surface area (TPSA) is 59.3 Å². The van der Waals surface area contributed by atoms with Gasteiger partial charge in [0.1, 0.15) is 11.3 Å². The fraction of sp³-hybridized carbons (Fsp3) is 0.800. The summed E-state index contributed by atoms with van der Waals surface area (Å²) in [5.41, 5.74) is -0.200. The Hall–Kier alpha value is -1.07. The molecule has 116 valence electrons. The van der Waals surface area contributed by atoms with E-state index in [4.69, 9.17) is 4.74 Å². The molecule has 0 aliphatic heterocycles. The van der Waals surface area contributed by atoms with Gasteiger partial charge in [0.25, 0.3) is 0 Å². The fourth-order valence-corrected chi connectivity index (χ4v) is 2.20. The highest BCUT2D eigenvalue weighted by Gasteiger charge is 2.32. The second kappa shape index (κ2) is 6.14. The van der Waals surface area contributed by atoms with E-state index in [9.17, 15) is 5.11 Å². The average molecular weight is 283 g/mol. The van der Waals surface area contributed by atoms with Crippen molar-refractivity contribution in [1.82, 2.24) is 15.1 Å². The zero-order valence-electron chi connectivity index (χ0n) is 13.8. The first-order chi connectivity index (χ1) is 9.08. The van der Waals surface area contributed by atoms with Crippen molar-refractivity contribution in [1.29, 1.82) is 0 Å². The van der Waals surface area contributed by atoms with Crippen LogP contribution in [0.4, 0.5) is 0 Å². The molecule has 1 atom stereocenters. The molecule has 1 unspecified atom stereocenters. The molecule has 0 fully saturated rings. The van der Waals surface area contributed by atoms with Gasteiger partial charge in [-0.1, -0.05) is 0 Å². The number of nitrogens with one attached hydrogen (secondary N) is 1. The van der Waals surface area contributed by atoms with Gasteiger partial charge in [0.15, 0.2) is 5.75 Å². The minimum Gasteiger partial charge on any atom is -0.493 e. The molecule has 1 rings (SSSR count). The van der Waals surface area contributed by atoms with Gasteiger partial charge < -0.3 is 15.2 Å². The van der Waals surface area contributed by atoms with E-state index in [0.717, 1.165) is 12.2 Å². The first-order valence-corrected chi connectivity index (χ1v) is 7.18. The molecule has 0 aromatic carbocycles. The predicted molar refractivity (Wildman–Crippen MR) is 81.1 cm³/mol. The van der Waals surface area contributed by atoms with Crippen molar-refractivity contribution >= 4 is 0 Å². The Morgan fingerprint density at radius 3 is 2.40 bits per heavy atom. The van der Waals surface area contributed by atoms with Gasteiger partial charge in [-0.05, 0) is 54.5 Å². The summed E-state index contributed by atoms with van der Waals surface area (Å²) in [6.45, 7) is 13.0. The van der Waals surface area contributed by atoms with Crippen molar-refractivity contribution < 1.29 is 9.84 Å². The second-order valence-corrected chi connectivity index (χ2v) is 6.80. The number of aromatic nitrogens is 2. The number of rotatable bonds is 6. The quantitative estimate of drug-likeness (QED) is 0.842. The molecule has 0 spiro atoms. The largest absolute Gasteiger partial charge is 0.493 e. The van der Waals surface area contributed by atoms with Crippen LogP contribution in [0.5, 0.6) is 5.75 Å². The summed E-state index contributed by atoms with van der Waals surface area (Å²) in [5, 5.41) is 18.5. The summed E-state index contributed by atoms with van der Waals surface area (Å²) in [4.78, 5) is 0. The average Bonchev–Trinajstić information content (AvgIpc) is 2.71. The normalized spacial score (nSPS) is 15.4. The van der Waals surface area contributed by atoms with Gasteiger partial charge in [-0.3, -0.25) is 4.68 Å². The Morgan fingerprint density at radius 1 is 1.35 bits per heavy atom. The lowest BCUT2D eigenvalue weighted by molar-refractivity contribution is 0.0334. The lowest BCUT2D eigenvalue weighted by Gasteiger charge is -2.29. The van der Waals surface area contributed by atoms with Crippen LogP contribution in [0, 0.1) is 0 Å². The molecule has 0 saturated carbocycles. The lowest BCUT2D eigenvalue weighted by Crippen LogP contribution is -2.39. The summed E-state index contributed by atoms with van der Waals surface area (Å²) in [7, 11) is 1.61. The predicted octanol–water partition coefficient (Wildman–Crippen LogP) is 2.46. The van der Waals surface area contributed by atoms with Crippen LogP contribution in [0.1, 0.15) is 59.7 Å². The minimum atomic E-state index is -0.982. The third-order valence-corrected chi connectivity index (χ3v) is 3.25. The van der Waals surface area contributed by atoms with Gasteiger partial charge in [-0.2, -0.15) is 5.10 Å². The van der Waals surface area contributed by atoms with Gasteiger partial charge in [0.05, 0.1) is 13.3 Å². The number of aliphatic hydroxyl groups is 1. The first-order valence-electron chi connectivity index (χ1n) is 7.18. The molecule has 0 aliphatic rings. The molecule has 1 heterocycles. The molecule has 5 nitrogen and oxygen atoms in total. The number of hydrogen-bond acceptors (Lipinski definition) is 4. The molecule has 1 aromatic rings. The van der Waals surface area contributed by atoms with Crippen LogP contribution in [-0.4, -0.2) is 34.1 Å². The highest BCUT2D eigenvalue weighted by molar-refractivity contribution is 5.30. The zero-order chi connectivity index (χ0) is 15.6. The third kappa shape index (κ3) is 4.21. The fourth-order valence-electron chi connectivity index (χ4n) is 2.20. The first kappa shape index (κ1) is 17.0. The maximum absolute atomic E-state index is 10.8. The number of ether oxygens (including phenoxy) is 1. The Morgan fingerprint density at radius 2 is 1.95 bits per heavy atom. The minimum absolute atomic E-state index is 0.0401. The van der Waals surface area contributed by atoms with E-state index >= 15 is 0 Å². The van der Waals surface area contributed by atoms with Gasteiger partial charge in [-0.25, -0.2) is 0 Å². The maximum atomic E-state index is 10.8. The lowest BCUT2D eigenvalue weighted by atomic mass is 9.96. The molecule has 0 amide bonds. The molecule has 0 saturated heterocycles. The molecule has 20 heavy (non-hydrogen) atoms. The molecule has 1 aromatic heterocycles. The summed E-state index contributed by atoms with van der Waals surface area (Å²) in [6, 6.07) is 0.177. The van der Waals surface area contributed by atoms with E-state index in [1.54, 1.807) is 13.3 Å². The maximum Gasteiger partial charge on any atom is 0.162 e. The Balaban J connectivity index is 2.93. The summed E-state index contributed by atoms with van der Waals surface area (Å²) in [5.74, 6) is 0.638. The van der Waals surface area contributed by atoms with Crippen molar-refractivity contribution in [3.05, 3.63) is 11.9 Å². The van der Waals surface area contributed by atoms with E-state index in [2.05, 4.69) is 31.2 Å². The van der Waals surface area contributed by atoms with E-state index in [0.29, 0.717) is 12.2 Å². The molecule has 0 radical (unpaired) electrons. The van der Waals surface area contributed by atoms with E-state index < -0.39 is 5.60 Å². The van der Waals surface area contributed by atoms with Crippen LogP contribution in [-0.2, 0) is 5.60 Å². The molecule has 2 N–H and O–H groups in total. The molecule has 0 aliphatic carbocycles. The third-order valence-electron chi connectivity index (χ3n) is 3.25. The van der Waals surface area contributed by atoms with Gasteiger partial charge in [0.2, 0.25) is 0 Å². The molecular weight excluding hydrogens is 254 g/mol. The van der Waals surface area contributed by atoms with E-state index in [1.165, 1.54) is 0 Å². The Kier molecular flexibility index (Phi) is 5.21. The number of methoxy groups -OCH3 is 1. The van der Waals surface area contributed by atoms with Crippen LogP contribution < -0.4 is 10.1 Å². The smallest absolute Gasteiger partial charge is 0.162 e. The number of hydrogen-bond donors (Lipinski definition) is 2. The Bertz CT molecular complexity index is 431. The highest BCUT2D eigenvalue weighted by atomic mass is 16.5. The Labute approximate surface area is 122 Å². The van der Waals surface area contributed by atoms with Crippen LogP contribution in [0.2, 0.25) is 0 Å². The van der Waals surface area contributed by atoms with Gasteiger partial charge in [-0.15, -0.1) is 0 Å². The van der Waals surface area contributed by atoms with Crippen molar-refractivity contribution in [3.63, 3.8) is 0 Å². The SMILES string of the molecule is COc1cnn(C(C)C)c1C(C)(O)CCNC(C)(C)C. The molecular formula is C15H29N3O2.